The first-order chi connectivity index (χ1) is 33.3. The van der Waals surface area contributed by atoms with Crippen LogP contribution < -0.4 is 9.47 Å². The predicted molar refractivity (Wildman–Crippen MR) is 286 cm³/mol. The lowest BCUT2D eigenvalue weighted by Crippen LogP contribution is -2.13. The van der Waals surface area contributed by atoms with Crippen LogP contribution in [0, 0.1) is 13.8 Å². The third-order valence-electron chi connectivity index (χ3n) is 12.4. The Balaban J connectivity index is 1.28. The van der Waals surface area contributed by atoms with Crippen molar-refractivity contribution in [3.05, 3.63) is 137 Å². The van der Waals surface area contributed by atoms with Crippen LogP contribution in [0.4, 0.5) is 0 Å². The average molecular weight is 1050 g/mol. The van der Waals surface area contributed by atoms with Gasteiger partial charge in [0.25, 0.3) is 0 Å². The highest BCUT2D eigenvalue weighted by Crippen LogP contribution is 2.55. The largest absolute Gasteiger partial charge is 0.454 e. The fraction of sp³-hybridized carbons (Fsp3) is 0.185. The van der Waals surface area contributed by atoms with Crippen molar-refractivity contribution in [1.29, 1.82) is 0 Å². The number of halogens is 6. The van der Waals surface area contributed by atoms with Gasteiger partial charge < -0.3 is 19.4 Å². The summed E-state index contributed by atoms with van der Waals surface area (Å²) in [6.45, 7) is 16.7. The second-order valence-corrected chi connectivity index (χ2v) is 21.7. The minimum atomic E-state index is -0.309. The molecule has 350 valence electrons. The lowest BCUT2D eigenvalue weighted by Gasteiger charge is -2.24. The molecule has 8 bridgehead atoms. The van der Waals surface area contributed by atoms with Gasteiger partial charge in [-0.15, -0.1) is 0 Å². The smallest absolute Gasteiger partial charge is 0.166 e. The summed E-state index contributed by atoms with van der Waals surface area (Å²) in [5.74, 6) is 2.35. The van der Waals surface area contributed by atoms with E-state index in [9.17, 15) is 0 Å². The molecule has 0 unspecified atom stereocenters. The van der Waals surface area contributed by atoms with Crippen LogP contribution in [0.25, 0.3) is 89.7 Å². The number of hydrogen-bond donors (Lipinski definition) is 2. The van der Waals surface area contributed by atoms with E-state index in [-0.39, 0.29) is 75.4 Å². The Morgan fingerprint density at radius 3 is 1.34 bits per heavy atom. The first kappa shape index (κ1) is 46.4. The third-order valence-corrected chi connectivity index (χ3v) is 14.8. The number of ether oxygens (including phenoxy) is 2. The summed E-state index contributed by atoms with van der Waals surface area (Å²) >= 11 is 44.3. The second-order valence-electron chi connectivity index (χ2n) is 19.4. The molecule has 0 saturated heterocycles. The fourth-order valence-electron chi connectivity index (χ4n) is 8.97. The Hall–Kier alpha value is -5.98. The van der Waals surface area contributed by atoms with E-state index in [0.717, 1.165) is 44.2 Å². The molecule has 0 amide bonds. The number of H-pyrrole nitrogens is 2. The molecule has 5 heterocycles. The van der Waals surface area contributed by atoms with Gasteiger partial charge in [-0.25, -0.2) is 29.9 Å². The minimum absolute atomic E-state index is 0.0565. The van der Waals surface area contributed by atoms with E-state index >= 15 is 0 Å². The molecule has 2 aliphatic heterocycles. The molecule has 0 saturated carbocycles. The Morgan fingerprint density at radius 1 is 0.414 bits per heavy atom. The zero-order chi connectivity index (χ0) is 49.3. The van der Waals surface area contributed by atoms with Gasteiger partial charge in [-0.05, 0) is 36.8 Å². The van der Waals surface area contributed by atoms with E-state index in [1.165, 1.54) is 0 Å². The number of aromatic nitrogens is 8. The molecule has 0 atom stereocenters. The number of rotatable bonds is 4. The third kappa shape index (κ3) is 7.63. The van der Waals surface area contributed by atoms with Crippen LogP contribution in [0.3, 0.4) is 0 Å². The molecule has 3 aromatic heterocycles. The lowest BCUT2D eigenvalue weighted by atomic mass is 9.85. The lowest BCUT2D eigenvalue weighted by molar-refractivity contribution is 0.455. The van der Waals surface area contributed by atoms with Gasteiger partial charge in [0, 0.05) is 33.0 Å². The summed E-state index contributed by atoms with van der Waals surface area (Å²) < 4.78 is 13.4. The van der Waals surface area contributed by atoms with Gasteiger partial charge in [-0.3, -0.25) is 0 Å². The van der Waals surface area contributed by atoms with Crippen LogP contribution >= 0.6 is 69.6 Å². The maximum Gasteiger partial charge on any atom is 0.166 e. The fourth-order valence-corrected chi connectivity index (χ4v) is 10.7. The molecule has 16 heteroatoms. The first-order valence-corrected chi connectivity index (χ1v) is 24.5. The average Bonchev–Trinajstić information content (AvgIpc) is 4.06. The predicted octanol–water partition coefficient (Wildman–Crippen LogP) is 17.6. The SMILES string of the molecule is Cc1ccc(Oc2c(Cl)c(Cl)c3c(c2Cl)-c2nc-3nc3[nH]c(nc4nc(nc5[nH]c(n2)c2c(Cl)c(Oc6ccc(C)cc6C(C)(C)C)c(Cl)c(Cl)c52)-c2ccccc2-4)c2ccccc32)c(C(C)(C)C)c1. The summed E-state index contributed by atoms with van der Waals surface area (Å²) in [4.78, 5) is 37.5. The molecule has 9 aromatic rings. The molecule has 70 heavy (non-hydrogen) atoms. The minimum Gasteiger partial charge on any atom is -0.454 e. The van der Waals surface area contributed by atoms with E-state index in [1.807, 2.05) is 86.6 Å². The monoisotopic (exact) mass is 1040 g/mol. The number of nitrogens with one attached hydrogen (secondary N) is 2. The van der Waals surface area contributed by atoms with Crippen molar-refractivity contribution in [3.8, 4) is 68.5 Å². The van der Waals surface area contributed by atoms with Crippen molar-refractivity contribution in [1.82, 2.24) is 39.9 Å². The van der Waals surface area contributed by atoms with Crippen LogP contribution in [0.1, 0.15) is 63.8 Å². The van der Waals surface area contributed by atoms with E-state index in [1.54, 1.807) is 0 Å². The van der Waals surface area contributed by atoms with Gasteiger partial charge in [0.2, 0.25) is 0 Å². The van der Waals surface area contributed by atoms with E-state index in [0.29, 0.717) is 56.3 Å². The van der Waals surface area contributed by atoms with Crippen molar-refractivity contribution in [2.24, 2.45) is 0 Å². The van der Waals surface area contributed by atoms with Crippen LogP contribution in [-0.2, 0) is 10.8 Å². The molecule has 2 aliphatic rings. The first-order valence-electron chi connectivity index (χ1n) is 22.3. The zero-order valence-electron chi connectivity index (χ0n) is 38.9. The summed E-state index contributed by atoms with van der Waals surface area (Å²) in [5, 5.41) is 2.74. The van der Waals surface area contributed by atoms with Gasteiger partial charge in [-0.2, -0.15) is 0 Å². The van der Waals surface area contributed by atoms with Crippen molar-refractivity contribution >= 4 is 114 Å². The highest BCUT2D eigenvalue weighted by Gasteiger charge is 2.34. The van der Waals surface area contributed by atoms with Gasteiger partial charge in [-0.1, -0.05) is 195 Å². The second kappa shape index (κ2) is 16.8. The van der Waals surface area contributed by atoms with Crippen LogP contribution in [0.15, 0.2) is 84.9 Å². The van der Waals surface area contributed by atoms with E-state index in [2.05, 4.69) is 63.6 Å². The molecule has 2 N–H and O–H groups in total. The molecule has 0 radical (unpaired) electrons. The Kier molecular flexibility index (Phi) is 11.2. The standard InChI is InChI=1S/C54H40Cl6N8O2/c1-23-17-19-31(29(21-23)53(3,4)5)69-43-39(57)35-33(37(55)41(43)59)49-64-47-27-15-11-9-13-25(27)45(62-47)61-46-26-14-10-12-16-28(26)48(63-46)65-50-34-36(52(67-50)68-51(35)66-49)40(58)44(42(60)38(34)56)70-32-20-18-24(2)22-30(32)54(6,7)8/h9-22H,1-8H3,(H2,61,62,63,64,65,66,67,68). The normalized spacial score (nSPS) is 12.4. The van der Waals surface area contributed by atoms with Gasteiger partial charge in [0.15, 0.2) is 34.8 Å². The maximum atomic E-state index is 7.55. The number of aromatic amines is 2. The number of nitrogens with zero attached hydrogens (tertiary/aromatic N) is 6. The van der Waals surface area contributed by atoms with E-state index in [4.69, 9.17) is 109 Å². The van der Waals surface area contributed by atoms with Gasteiger partial charge in [0.05, 0.1) is 42.0 Å². The number of hydrogen-bond acceptors (Lipinski definition) is 8. The summed E-state index contributed by atoms with van der Waals surface area (Å²) in [6.07, 6.45) is 0. The Labute approximate surface area is 432 Å². The molecular weight excluding hydrogens is 1010 g/mol. The number of benzene rings is 6. The van der Waals surface area contributed by atoms with Crippen molar-refractivity contribution in [3.63, 3.8) is 0 Å². The van der Waals surface area contributed by atoms with Crippen molar-refractivity contribution < 1.29 is 9.47 Å². The Bertz CT molecular complexity index is 3930. The highest BCUT2D eigenvalue weighted by molar-refractivity contribution is 6.51. The molecule has 0 aliphatic carbocycles. The van der Waals surface area contributed by atoms with Crippen LogP contribution in [0.2, 0.25) is 30.1 Å². The summed E-state index contributed by atoms with van der Waals surface area (Å²) in [7, 11) is 0. The zero-order valence-corrected chi connectivity index (χ0v) is 43.4. The number of aryl methyl sites for hydroxylation is 2. The molecule has 10 nitrogen and oxygen atoms in total. The topological polar surface area (TPSA) is 127 Å². The molecule has 0 spiro atoms. The van der Waals surface area contributed by atoms with Crippen LogP contribution in [-0.4, -0.2) is 39.9 Å². The maximum absolute atomic E-state index is 7.55. The Morgan fingerprint density at radius 2 is 0.814 bits per heavy atom. The molecular formula is C54H40Cl6N8O2. The van der Waals surface area contributed by atoms with Crippen molar-refractivity contribution in [2.45, 2.75) is 66.2 Å². The van der Waals surface area contributed by atoms with Gasteiger partial charge in [0.1, 0.15) is 44.1 Å². The number of fused-ring (bicyclic) bond motifs is 20. The van der Waals surface area contributed by atoms with Crippen molar-refractivity contribution in [2.75, 3.05) is 0 Å². The van der Waals surface area contributed by atoms with E-state index < -0.39 is 0 Å². The van der Waals surface area contributed by atoms with Gasteiger partial charge >= 0.3 is 0 Å². The molecule has 0 fully saturated rings. The highest BCUT2D eigenvalue weighted by atomic mass is 35.5. The molecule has 11 rings (SSSR count). The molecule has 6 aromatic carbocycles. The summed E-state index contributed by atoms with van der Waals surface area (Å²) in [5.41, 5.74) is 6.89. The summed E-state index contributed by atoms with van der Waals surface area (Å²) in [6, 6.07) is 27.3. The quantitative estimate of drug-likeness (QED) is 0.167. The van der Waals surface area contributed by atoms with Crippen LogP contribution in [0.5, 0.6) is 23.0 Å².